The molecule has 0 saturated carbocycles. The van der Waals surface area contributed by atoms with Crippen molar-refractivity contribution in [3.8, 4) is 11.1 Å². The molecule has 17 heavy (non-hydrogen) atoms. The molecule has 1 heterocycles. The first-order valence-corrected chi connectivity index (χ1v) is 5.79. The fourth-order valence-electron chi connectivity index (χ4n) is 1.46. The average molecular weight is 227 g/mol. The number of hydrogen-bond donors (Lipinski definition) is 0. The Morgan fingerprint density at radius 3 is 2.24 bits per heavy atom. The maximum Gasteiger partial charge on any atom is 0.159 e. The van der Waals surface area contributed by atoms with Crippen molar-refractivity contribution in [2.24, 2.45) is 0 Å². The quantitative estimate of drug-likeness (QED) is 0.726. The Morgan fingerprint density at radius 2 is 1.65 bits per heavy atom. The molecule has 0 radical (unpaired) electrons. The van der Waals surface area contributed by atoms with E-state index in [2.05, 4.69) is 4.98 Å². The van der Waals surface area contributed by atoms with Gasteiger partial charge in [-0.25, -0.2) is 0 Å². The highest BCUT2D eigenvalue weighted by Gasteiger charge is 2.01. The number of nitrogens with zero attached hydrogens (tertiary/aromatic N) is 1. The van der Waals surface area contributed by atoms with E-state index in [1.54, 1.807) is 19.3 Å². The number of ketones is 1. The SMILES string of the molecule is CC.CC(=O)c1cccc(-c2ccncc2)c1. The van der Waals surface area contributed by atoms with E-state index in [-0.39, 0.29) is 5.78 Å². The normalized spacial score (nSPS) is 9.12. The van der Waals surface area contributed by atoms with E-state index in [9.17, 15) is 4.79 Å². The third-order valence-corrected chi connectivity index (χ3v) is 2.28. The van der Waals surface area contributed by atoms with Crippen molar-refractivity contribution < 1.29 is 4.79 Å². The lowest BCUT2D eigenvalue weighted by atomic mass is 10.0. The van der Waals surface area contributed by atoms with E-state index < -0.39 is 0 Å². The molecule has 0 aliphatic heterocycles. The predicted molar refractivity (Wildman–Crippen MR) is 71.0 cm³/mol. The van der Waals surface area contributed by atoms with Crippen LogP contribution in [0.3, 0.4) is 0 Å². The molecule has 0 fully saturated rings. The van der Waals surface area contributed by atoms with Gasteiger partial charge in [0.2, 0.25) is 0 Å². The molecule has 0 unspecified atom stereocenters. The van der Waals surface area contributed by atoms with Gasteiger partial charge < -0.3 is 0 Å². The topological polar surface area (TPSA) is 30.0 Å². The maximum absolute atomic E-state index is 11.2. The average Bonchev–Trinajstić information content (AvgIpc) is 2.42. The van der Waals surface area contributed by atoms with Crippen LogP contribution in [0.5, 0.6) is 0 Å². The summed E-state index contributed by atoms with van der Waals surface area (Å²) in [6, 6.07) is 11.5. The van der Waals surface area contributed by atoms with Crippen LogP contribution in [0, 0.1) is 0 Å². The molecular weight excluding hydrogens is 210 g/mol. The van der Waals surface area contributed by atoms with Gasteiger partial charge in [0.15, 0.2) is 5.78 Å². The van der Waals surface area contributed by atoms with Crippen LogP contribution in [0.15, 0.2) is 48.8 Å². The summed E-state index contributed by atoms with van der Waals surface area (Å²) < 4.78 is 0. The second-order valence-electron chi connectivity index (χ2n) is 3.37. The number of hydrogen-bond acceptors (Lipinski definition) is 2. The Hall–Kier alpha value is -1.96. The molecule has 2 aromatic rings. The minimum Gasteiger partial charge on any atom is -0.295 e. The summed E-state index contributed by atoms with van der Waals surface area (Å²) in [6.07, 6.45) is 3.49. The zero-order valence-electron chi connectivity index (χ0n) is 10.5. The summed E-state index contributed by atoms with van der Waals surface area (Å²) in [5.74, 6) is 0.0888. The van der Waals surface area contributed by atoms with Crippen molar-refractivity contribution in [1.82, 2.24) is 4.98 Å². The lowest BCUT2D eigenvalue weighted by Gasteiger charge is -2.02. The van der Waals surface area contributed by atoms with Gasteiger partial charge in [0.05, 0.1) is 0 Å². The van der Waals surface area contributed by atoms with Crippen molar-refractivity contribution in [2.45, 2.75) is 20.8 Å². The third-order valence-electron chi connectivity index (χ3n) is 2.28. The first kappa shape index (κ1) is 13.1. The minimum atomic E-state index is 0.0888. The van der Waals surface area contributed by atoms with Crippen molar-refractivity contribution in [3.05, 3.63) is 54.4 Å². The molecule has 1 aromatic heterocycles. The number of carbonyl (C=O) groups is 1. The highest BCUT2D eigenvalue weighted by molar-refractivity contribution is 5.95. The number of benzene rings is 1. The highest BCUT2D eigenvalue weighted by Crippen LogP contribution is 2.19. The molecule has 0 bridgehead atoms. The molecule has 2 nitrogen and oxygen atoms in total. The van der Waals surface area contributed by atoms with Crippen LogP contribution < -0.4 is 0 Å². The molecule has 2 rings (SSSR count). The van der Waals surface area contributed by atoms with Crippen molar-refractivity contribution in [1.29, 1.82) is 0 Å². The lowest BCUT2D eigenvalue weighted by molar-refractivity contribution is 0.101. The van der Waals surface area contributed by atoms with Gasteiger partial charge >= 0.3 is 0 Å². The Balaban J connectivity index is 0.000000686. The van der Waals surface area contributed by atoms with Crippen molar-refractivity contribution in [3.63, 3.8) is 0 Å². The highest BCUT2D eigenvalue weighted by atomic mass is 16.1. The molecule has 2 heteroatoms. The van der Waals surface area contributed by atoms with Gasteiger partial charge in [0.1, 0.15) is 0 Å². The third kappa shape index (κ3) is 3.52. The zero-order chi connectivity index (χ0) is 12.7. The van der Waals surface area contributed by atoms with Crippen LogP contribution in [0.25, 0.3) is 11.1 Å². The van der Waals surface area contributed by atoms with E-state index >= 15 is 0 Å². The van der Waals surface area contributed by atoms with Gasteiger partial charge in [-0.2, -0.15) is 0 Å². The van der Waals surface area contributed by atoms with Crippen LogP contribution in [0.2, 0.25) is 0 Å². The first-order valence-electron chi connectivity index (χ1n) is 5.79. The van der Waals surface area contributed by atoms with E-state index in [1.165, 1.54) is 0 Å². The number of carbonyl (C=O) groups excluding carboxylic acids is 1. The Bertz CT molecular complexity index is 477. The second-order valence-corrected chi connectivity index (χ2v) is 3.37. The van der Waals surface area contributed by atoms with Crippen LogP contribution >= 0.6 is 0 Å². The minimum absolute atomic E-state index is 0.0888. The van der Waals surface area contributed by atoms with E-state index in [1.807, 2.05) is 50.2 Å². The van der Waals surface area contributed by atoms with E-state index in [4.69, 9.17) is 0 Å². The smallest absolute Gasteiger partial charge is 0.159 e. The zero-order valence-corrected chi connectivity index (χ0v) is 10.5. The Kier molecular flexibility index (Phi) is 5.08. The van der Waals surface area contributed by atoms with Crippen LogP contribution in [-0.4, -0.2) is 10.8 Å². The summed E-state index contributed by atoms with van der Waals surface area (Å²) in [5, 5.41) is 0. The van der Waals surface area contributed by atoms with Crippen molar-refractivity contribution >= 4 is 5.78 Å². The second kappa shape index (κ2) is 6.59. The number of rotatable bonds is 2. The number of pyridine rings is 1. The van der Waals surface area contributed by atoms with Crippen molar-refractivity contribution in [2.75, 3.05) is 0 Å². The first-order chi connectivity index (χ1) is 8.27. The number of aromatic nitrogens is 1. The summed E-state index contributed by atoms with van der Waals surface area (Å²) in [6.45, 7) is 5.58. The van der Waals surface area contributed by atoms with Gasteiger partial charge in [0, 0.05) is 18.0 Å². The lowest BCUT2D eigenvalue weighted by Crippen LogP contribution is -1.91. The van der Waals surface area contributed by atoms with Gasteiger partial charge in [-0.05, 0) is 36.2 Å². The molecule has 0 atom stereocenters. The Labute approximate surface area is 102 Å². The molecule has 0 amide bonds. The largest absolute Gasteiger partial charge is 0.295 e. The van der Waals surface area contributed by atoms with Crippen LogP contribution in [0.1, 0.15) is 31.1 Å². The molecule has 0 saturated heterocycles. The van der Waals surface area contributed by atoms with Gasteiger partial charge in [-0.1, -0.05) is 32.0 Å². The molecule has 0 aliphatic carbocycles. The standard InChI is InChI=1S/C13H11NO.C2H6/c1-10(15)12-3-2-4-13(9-12)11-5-7-14-8-6-11;1-2/h2-9H,1H3;1-2H3. The van der Waals surface area contributed by atoms with Gasteiger partial charge in [-0.15, -0.1) is 0 Å². The van der Waals surface area contributed by atoms with E-state index in [0.29, 0.717) is 0 Å². The molecular formula is C15H17NO. The molecule has 0 spiro atoms. The molecule has 0 aliphatic rings. The van der Waals surface area contributed by atoms with Crippen LogP contribution in [0.4, 0.5) is 0 Å². The summed E-state index contributed by atoms with van der Waals surface area (Å²) in [4.78, 5) is 15.2. The monoisotopic (exact) mass is 227 g/mol. The van der Waals surface area contributed by atoms with Crippen LogP contribution in [-0.2, 0) is 0 Å². The maximum atomic E-state index is 11.2. The molecule has 0 N–H and O–H groups in total. The summed E-state index contributed by atoms with van der Waals surface area (Å²) >= 11 is 0. The van der Waals surface area contributed by atoms with E-state index in [0.717, 1.165) is 16.7 Å². The summed E-state index contributed by atoms with van der Waals surface area (Å²) in [5.41, 5.74) is 2.86. The fourth-order valence-corrected chi connectivity index (χ4v) is 1.46. The Morgan fingerprint density at radius 1 is 1.00 bits per heavy atom. The number of Topliss-reactive ketones (excluding diaryl/α,β-unsaturated/α-hetero) is 1. The summed E-state index contributed by atoms with van der Waals surface area (Å²) in [7, 11) is 0. The fraction of sp³-hybridized carbons (Fsp3) is 0.200. The van der Waals surface area contributed by atoms with Gasteiger partial charge in [-0.3, -0.25) is 9.78 Å². The van der Waals surface area contributed by atoms with Gasteiger partial charge in [0.25, 0.3) is 0 Å². The predicted octanol–water partition coefficient (Wildman–Crippen LogP) is 3.98. The molecule has 88 valence electrons. The molecule has 1 aromatic carbocycles.